The van der Waals surface area contributed by atoms with Crippen LogP contribution in [0.25, 0.3) is 0 Å². The number of piperazine rings is 1. The van der Waals surface area contributed by atoms with Gasteiger partial charge in [-0.05, 0) is 49.2 Å². The lowest BCUT2D eigenvalue weighted by Gasteiger charge is -2.33. The standard InChI is InChI=1S/C20H26N2O6S2/c1-15-5-6-17(13-16(15)2)29(23,24)21-9-11-22(12-10-21)30(25,26)18-7-8-19(27-3)20(14-18)28-4/h5-8,13-14H,9-12H2,1-4H3. The monoisotopic (exact) mass is 454 g/mol. The Morgan fingerprint density at radius 3 is 1.60 bits per heavy atom. The number of benzene rings is 2. The number of methoxy groups -OCH3 is 2. The third-order valence-corrected chi connectivity index (χ3v) is 9.10. The summed E-state index contributed by atoms with van der Waals surface area (Å²) >= 11 is 0. The van der Waals surface area contributed by atoms with Crippen molar-refractivity contribution in [2.75, 3.05) is 40.4 Å². The molecule has 10 heteroatoms. The second kappa shape index (κ2) is 8.54. The van der Waals surface area contributed by atoms with Crippen molar-refractivity contribution in [2.45, 2.75) is 23.6 Å². The predicted molar refractivity (Wildman–Crippen MR) is 113 cm³/mol. The van der Waals surface area contributed by atoms with Crippen molar-refractivity contribution in [1.29, 1.82) is 0 Å². The normalized spacial score (nSPS) is 16.4. The van der Waals surface area contributed by atoms with Crippen molar-refractivity contribution < 1.29 is 26.3 Å². The van der Waals surface area contributed by atoms with Gasteiger partial charge < -0.3 is 9.47 Å². The minimum atomic E-state index is -3.79. The Hall–Kier alpha value is -2.14. The van der Waals surface area contributed by atoms with E-state index in [0.717, 1.165) is 11.1 Å². The number of rotatable bonds is 6. The molecule has 1 heterocycles. The summed E-state index contributed by atoms with van der Waals surface area (Å²) in [5.41, 5.74) is 1.91. The largest absolute Gasteiger partial charge is 0.493 e. The zero-order valence-corrected chi connectivity index (χ0v) is 19.1. The van der Waals surface area contributed by atoms with Gasteiger partial charge in [-0.2, -0.15) is 8.61 Å². The lowest BCUT2D eigenvalue weighted by Crippen LogP contribution is -2.50. The first-order chi connectivity index (χ1) is 14.1. The van der Waals surface area contributed by atoms with E-state index in [-0.39, 0.29) is 36.0 Å². The molecule has 1 aliphatic rings. The average molecular weight is 455 g/mol. The van der Waals surface area contributed by atoms with Gasteiger partial charge >= 0.3 is 0 Å². The molecule has 0 bridgehead atoms. The Morgan fingerprint density at radius 2 is 1.13 bits per heavy atom. The van der Waals surface area contributed by atoms with E-state index in [1.54, 1.807) is 18.2 Å². The second-order valence-electron chi connectivity index (χ2n) is 7.07. The van der Waals surface area contributed by atoms with Crippen LogP contribution in [0.3, 0.4) is 0 Å². The fraction of sp³-hybridized carbons (Fsp3) is 0.400. The van der Waals surface area contributed by atoms with Crippen LogP contribution in [0.15, 0.2) is 46.2 Å². The van der Waals surface area contributed by atoms with Gasteiger partial charge in [-0.25, -0.2) is 16.8 Å². The predicted octanol–water partition coefficient (Wildman–Crippen LogP) is 2.02. The first kappa shape index (κ1) is 22.5. The van der Waals surface area contributed by atoms with Gasteiger partial charge in [0.1, 0.15) is 0 Å². The summed E-state index contributed by atoms with van der Waals surface area (Å²) in [5.74, 6) is 0.746. The van der Waals surface area contributed by atoms with Gasteiger partial charge in [0.25, 0.3) is 0 Å². The van der Waals surface area contributed by atoms with Crippen LogP contribution in [-0.4, -0.2) is 65.8 Å². The van der Waals surface area contributed by atoms with Crippen LogP contribution in [0.5, 0.6) is 11.5 Å². The van der Waals surface area contributed by atoms with Gasteiger partial charge in [0.15, 0.2) is 11.5 Å². The number of ether oxygens (including phenoxy) is 2. The summed E-state index contributed by atoms with van der Waals surface area (Å²) in [6, 6.07) is 9.41. The SMILES string of the molecule is COc1ccc(S(=O)(=O)N2CCN(S(=O)(=O)c3ccc(C)c(C)c3)CC2)cc1OC. The van der Waals surface area contributed by atoms with Crippen molar-refractivity contribution in [3.05, 3.63) is 47.5 Å². The maximum Gasteiger partial charge on any atom is 0.243 e. The summed E-state index contributed by atoms with van der Waals surface area (Å²) < 4.78 is 64.9. The molecule has 1 fully saturated rings. The molecule has 0 atom stereocenters. The van der Waals surface area contributed by atoms with Crippen LogP contribution >= 0.6 is 0 Å². The first-order valence-corrected chi connectivity index (χ1v) is 12.3. The fourth-order valence-corrected chi connectivity index (χ4v) is 6.25. The Morgan fingerprint density at radius 1 is 0.667 bits per heavy atom. The molecule has 2 aromatic rings. The van der Waals surface area contributed by atoms with Crippen LogP contribution in [0.4, 0.5) is 0 Å². The molecule has 0 N–H and O–H groups in total. The van der Waals surface area contributed by atoms with Gasteiger partial charge in [0, 0.05) is 32.2 Å². The molecule has 0 amide bonds. The molecule has 0 unspecified atom stereocenters. The Labute approximate surface area is 178 Å². The quantitative estimate of drug-likeness (QED) is 0.663. The molecule has 164 valence electrons. The highest BCUT2D eigenvalue weighted by atomic mass is 32.2. The molecule has 0 aliphatic carbocycles. The highest BCUT2D eigenvalue weighted by Crippen LogP contribution is 2.31. The first-order valence-electron chi connectivity index (χ1n) is 9.41. The zero-order valence-electron chi connectivity index (χ0n) is 17.5. The van der Waals surface area contributed by atoms with Gasteiger partial charge in [0.2, 0.25) is 20.0 Å². The summed E-state index contributed by atoms with van der Waals surface area (Å²) in [7, 11) is -4.56. The average Bonchev–Trinajstić information content (AvgIpc) is 2.75. The zero-order chi connectivity index (χ0) is 22.1. The van der Waals surface area contributed by atoms with E-state index in [1.807, 2.05) is 13.8 Å². The van der Waals surface area contributed by atoms with Crippen LogP contribution in [0.2, 0.25) is 0 Å². The molecule has 3 rings (SSSR count). The van der Waals surface area contributed by atoms with Crippen LogP contribution in [0, 0.1) is 13.8 Å². The summed E-state index contributed by atoms with van der Waals surface area (Å²) in [6.07, 6.45) is 0. The van der Waals surface area contributed by atoms with E-state index >= 15 is 0 Å². The van der Waals surface area contributed by atoms with E-state index in [0.29, 0.717) is 11.5 Å². The van der Waals surface area contributed by atoms with E-state index in [9.17, 15) is 16.8 Å². The third-order valence-electron chi connectivity index (χ3n) is 5.31. The van der Waals surface area contributed by atoms with Gasteiger partial charge in [0.05, 0.1) is 24.0 Å². The minimum absolute atomic E-state index is 0.0702. The summed E-state index contributed by atoms with van der Waals surface area (Å²) in [5, 5.41) is 0. The van der Waals surface area contributed by atoms with E-state index in [2.05, 4.69) is 0 Å². The Bertz CT molecular complexity index is 1140. The van der Waals surface area contributed by atoms with Gasteiger partial charge in [-0.1, -0.05) is 6.07 Å². The number of nitrogens with zero attached hydrogens (tertiary/aromatic N) is 2. The summed E-state index contributed by atoms with van der Waals surface area (Å²) in [4.78, 5) is 0.299. The molecule has 2 aromatic carbocycles. The smallest absolute Gasteiger partial charge is 0.243 e. The Kier molecular flexibility index (Phi) is 6.42. The molecule has 0 saturated carbocycles. The van der Waals surface area contributed by atoms with E-state index in [4.69, 9.17) is 9.47 Å². The molecule has 1 aliphatic heterocycles. The number of hydrogen-bond acceptors (Lipinski definition) is 6. The molecule has 8 nitrogen and oxygen atoms in total. The minimum Gasteiger partial charge on any atom is -0.493 e. The molecule has 0 spiro atoms. The molecule has 30 heavy (non-hydrogen) atoms. The van der Waals surface area contributed by atoms with Gasteiger partial charge in [-0.15, -0.1) is 0 Å². The lowest BCUT2D eigenvalue weighted by atomic mass is 10.1. The van der Waals surface area contributed by atoms with Crippen molar-refractivity contribution >= 4 is 20.0 Å². The molecule has 0 aromatic heterocycles. The number of aryl methyl sites for hydroxylation is 2. The van der Waals surface area contributed by atoms with Crippen molar-refractivity contribution in [3.8, 4) is 11.5 Å². The van der Waals surface area contributed by atoms with E-state index < -0.39 is 20.0 Å². The van der Waals surface area contributed by atoms with Crippen molar-refractivity contribution in [2.24, 2.45) is 0 Å². The molecular weight excluding hydrogens is 428 g/mol. The highest BCUT2D eigenvalue weighted by molar-refractivity contribution is 7.89. The van der Waals surface area contributed by atoms with E-state index in [1.165, 1.54) is 41.0 Å². The lowest BCUT2D eigenvalue weighted by molar-refractivity contribution is 0.272. The molecular formula is C20H26N2O6S2. The highest BCUT2D eigenvalue weighted by Gasteiger charge is 2.34. The number of hydrogen-bond donors (Lipinski definition) is 0. The molecule has 1 saturated heterocycles. The van der Waals surface area contributed by atoms with Crippen molar-refractivity contribution in [1.82, 2.24) is 8.61 Å². The van der Waals surface area contributed by atoms with Crippen LogP contribution in [0.1, 0.15) is 11.1 Å². The Balaban J connectivity index is 1.78. The van der Waals surface area contributed by atoms with Crippen LogP contribution in [-0.2, 0) is 20.0 Å². The summed E-state index contributed by atoms with van der Waals surface area (Å²) in [6.45, 7) is 4.09. The third kappa shape index (κ3) is 4.18. The maximum absolute atomic E-state index is 13.0. The fourth-order valence-electron chi connectivity index (χ4n) is 3.30. The molecule has 0 radical (unpaired) electrons. The van der Waals surface area contributed by atoms with Crippen LogP contribution < -0.4 is 9.47 Å². The van der Waals surface area contributed by atoms with Crippen molar-refractivity contribution in [3.63, 3.8) is 0 Å². The topological polar surface area (TPSA) is 93.2 Å². The second-order valence-corrected chi connectivity index (χ2v) is 10.9. The number of sulfonamides is 2. The van der Waals surface area contributed by atoms with Gasteiger partial charge in [-0.3, -0.25) is 0 Å². The maximum atomic E-state index is 13.0.